The second-order valence-corrected chi connectivity index (χ2v) is 6.54. The Bertz CT molecular complexity index is 898. The van der Waals surface area contributed by atoms with Crippen LogP contribution in [0, 0.1) is 0 Å². The van der Waals surface area contributed by atoms with Gasteiger partial charge >= 0.3 is 0 Å². The topological polar surface area (TPSA) is 38.3 Å². The molecule has 0 atom stereocenters. The van der Waals surface area contributed by atoms with Crippen LogP contribution in [0.5, 0.6) is 11.5 Å². The van der Waals surface area contributed by atoms with E-state index in [-0.39, 0.29) is 5.91 Å². The molecule has 0 unspecified atom stereocenters. The fraction of sp³-hybridized carbons (Fsp3) is 0.0952. The summed E-state index contributed by atoms with van der Waals surface area (Å²) in [6.45, 7) is 0. The van der Waals surface area contributed by atoms with E-state index in [4.69, 9.17) is 27.9 Å². The highest BCUT2D eigenvalue weighted by atomic mass is 35.5. The number of benzene rings is 3. The zero-order valence-electron chi connectivity index (χ0n) is 13.9. The van der Waals surface area contributed by atoms with Crippen LogP contribution < -0.4 is 10.1 Å². The normalized spacial score (nSPS) is 10.4. The summed E-state index contributed by atoms with van der Waals surface area (Å²) in [5.74, 6) is 1.19. The van der Waals surface area contributed by atoms with Crippen LogP contribution in [-0.2, 0) is 11.2 Å². The van der Waals surface area contributed by atoms with Gasteiger partial charge in [-0.2, -0.15) is 0 Å². The fourth-order valence-corrected chi connectivity index (χ4v) is 2.96. The van der Waals surface area contributed by atoms with Gasteiger partial charge in [-0.05, 0) is 48.4 Å². The Morgan fingerprint density at radius 2 is 1.65 bits per heavy atom. The van der Waals surface area contributed by atoms with Crippen LogP contribution >= 0.6 is 23.2 Å². The van der Waals surface area contributed by atoms with Crippen LogP contribution in [0.4, 0.5) is 5.69 Å². The molecule has 5 heteroatoms. The SMILES string of the molecule is O=C(CCc1ccc(Cl)cc1Cl)Nc1ccccc1Oc1ccccc1. The largest absolute Gasteiger partial charge is 0.455 e. The molecule has 1 amide bonds. The highest BCUT2D eigenvalue weighted by Crippen LogP contribution is 2.29. The minimum absolute atomic E-state index is 0.111. The number of ether oxygens (including phenoxy) is 1. The van der Waals surface area contributed by atoms with Crippen molar-refractivity contribution in [2.45, 2.75) is 12.8 Å². The Morgan fingerprint density at radius 3 is 2.42 bits per heavy atom. The lowest BCUT2D eigenvalue weighted by molar-refractivity contribution is -0.116. The van der Waals surface area contributed by atoms with Gasteiger partial charge in [-0.3, -0.25) is 4.79 Å². The summed E-state index contributed by atoms with van der Waals surface area (Å²) in [7, 11) is 0. The quantitative estimate of drug-likeness (QED) is 0.536. The van der Waals surface area contributed by atoms with Crippen LogP contribution in [0.15, 0.2) is 72.8 Å². The molecule has 3 nitrogen and oxygen atoms in total. The van der Waals surface area contributed by atoms with Crippen molar-refractivity contribution in [3.05, 3.63) is 88.4 Å². The highest BCUT2D eigenvalue weighted by molar-refractivity contribution is 6.35. The van der Waals surface area contributed by atoms with E-state index in [9.17, 15) is 4.79 Å². The van der Waals surface area contributed by atoms with E-state index in [1.807, 2.05) is 60.7 Å². The molecule has 0 saturated carbocycles. The molecule has 0 aliphatic heterocycles. The first-order chi connectivity index (χ1) is 12.6. The fourth-order valence-electron chi connectivity index (χ4n) is 2.46. The smallest absolute Gasteiger partial charge is 0.224 e. The minimum atomic E-state index is -0.111. The summed E-state index contributed by atoms with van der Waals surface area (Å²) in [4.78, 5) is 12.3. The molecule has 0 aliphatic rings. The standard InChI is InChI=1S/C21H17Cl2NO2/c22-16-12-10-15(18(23)14-16)11-13-21(25)24-19-8-4-5-9-20(19)26-17-6-2-1-3-7-17/h1-10,12,14H,11,13H2,(H,24,25). The first-order valence-corrected chi connectivity index (χ1v) is 8.93. The maximum absolute atomic E-state index is 12.3. The molecular formula is C21H17Cl2NO2. The monoisotopic (exact) mass is 385 g/mol. The number of para-hydroxylation sites is 3. The Hall–Kier alpha value is -2.49. The van der Waals surface area contributed by atoms with E-state index in [0.29, 0.717) is 40.1 Å². The van der Waals surface area contributed by atoms with Crippen molar-refractivity contribution in [1.82, 2.24) is 0 Å². The summed E-state index contributed by atoms with van der Waals surface area (Å²) in [5.41, 5.74) is 1.52. The third-order valence-electron chi connectivity index (χ3n) is 3.77. The van der Waals surface area contributed by atoms with Crippen molar-refractivity contribution in [2.75, 3.05) is 5.32 Å². The average Bonchev–Trinajstić information content (AvgIpc) is 2.63. The molecule has 3 rings (SSSR count). The van der Waals surface area contributed by atoms with E-state index >= 15 is 0 Å². The molecule has 0 saturated heterocycles. The number of carbonyl (C=O) groups excluding carboxylic acids is 1. The first-order valence-electron chi connectivity index (χ1n) is 8.17. The third-order valence-corrected chi connectivity index (χ3v) is 4.36. The minimum Gasteiger partial charge on any atom is -0.455 e. The van der Waals surface area contributed by atoms with Gasteiger partial charge in [-0.1, -0.05) is 59.6 Å². The maximum Gasteiger partial charge on any atom is 0.224 e. The predicted octanol–water partition coefficient (Wildman–Crippen LogP) is 6.36. The van der Waals surface area contributed by atoms with Gasteiger partial charge in [0.05, 0.1) is 5.69 Å². The molecule has 0 spiro atoms. The second-order valence-electron chi connectivity index (χ2n) is 5.70. The molecule has 1 N–H and O–H groups in total. The van der Waals surface area contributed by atoms with Crippen LogP contribution in [-0.4, -0.2) is 5.91 Å². The van der Waals surface area contributed by atoms with Gasteiger partial charge in [-0.25, -0.2) is 0 Å². The number of hydrogen-bond donors (Lipinski definition) is 1. The van der Waals surface area contributed by atoms with Crippen LogP contribution in [0.25, 0.3) is 0 Å². The lowest BCUT2D eigenvalue weighted by Gasteiger charge is -2.12. The Labute approximate surface area is 162 Å². The molecule has 0 heterocycles. The van der Waals surface area contributed by atoms with Crippen molar-refractivity contribution in [3.63, 3.8) is 0 Å². The van der Waals surface area contributed by atoms with Crippen LogP contribution in [0.3, 0.4) is 0 Å². The maximum atomic E-state index is 12.3. The number of hydrogen-bond acceptors (Lipinski definition) is 2. The van der Waals surface area contributed by atoms with Crippen molar-refractivity contribution >= 4 is 34.8 Å². The lowest BCUT2D eigenvalue weighted by Crippen LogP contribution is -2.13. The van der Waals surface area contributed by atoms with E-state index in [1.54, 1.807) is 12.1 Å². The van der Waals surface area contributed by atoms with Gasteiger partial charge in [0.15, 0.2) is 5.75 Å². The van der Waals surface area contributed by atoms with Gasteiger partial charge in [0.25, 0.3) is 0 Å². The van der Waals surface area contributed by atoms with Crippen molar-refractivity contribution in [3.8, 4) is 11.5 Å². The molecular weight excluding hydrogens is 369 g/mol. The van der Waals surface area contributed by atoms with Gasteiger partial charge in [0, 0.05) is 16.5 Å². The molecule has 132 valence electrons. The van der Waals surface area contributed by atoms with Crippen LogP contribution in [0.1, 0.15) is 12.0 Å². The Kier molecular flexibility index (Phi) is 6.16. The third kappa shape index (κ3) is 5.01. The van der Waals surface area contributed by atoms with E-state index < -0.39 is 0 Å². The van der Waals surface area contributed by atoms with Crippen LogP contribution in [0.2, 0.25) is 10.0 Å². The number of anilines is 1. The summed E-state index contributed by atoms with van der Waals surface area (Å²) in [6.07, 6.45) is 0.838. The number of nitrogens with one attached hydrogen (secondary N) is 1. The number of amides is 1. The number of carbonyl (C=O) groups is 1. The second kappa shape index (κ2) is 8.75. The van der Waals surface area contributed by atoms with E-state index in [2.05, 4.69) is 5.32 Å². The summed E-state index contributed by atoms with van der Waals surface area (Å²) in [6, 6.07) is 22.1. The first kappa shape index (κ1) is 18.3. The molecule has 0 fully saturated rings. The molecule has 0 radical (unpaired) electrons. The van der Waals surface area contributed by atoms with Gasteiger partial charge in [-0.15, -0.1) is 0 Å². The zero-order chi connectivity index (χ0) is 18.4. The zero-order valence-corrected chi connectivity index (χ0v) is 15.4. The van der Waals surface area contributed by atoms with Gasteiger partial charge < -0.3 is 10.1 Å². The number of halogens is 2. The summed E-state index contributed by atoms with van der Waals surface area (Å²) < 4.78 is 5.85. The average molecular weight is 386 g/mol. The van der Waals surface area contributed by atoms with Crippen molar-refractivity contribution in [1.29, 1.82) is 0 Å². The Morgan fingerprint density at radius 1 is 0.923 bits per heavy atom. The molecule has 0 bridgehead atoms. The van der Waals surface area contributed by atoms with E-state index in [1.165, 1.54) is 0 Å². The van der Waals surface area contributed by atoms with Crippen molar-refractivity contribution < 1.29 is 9.53 Å². The van der Waals surface area contributed by atoms with E-state index in [0.717, 1.165) is 5.56 Å². The van der Waals surface area contributed by atoms with Gasteiger partial charge in [0.1, 0.15) is 5.75 Å². The molecule has 26 heavy (non-hydrogen) atoms. The van der Waals surface area contributed by atoms with Gasteiger partial charge in [0.2, 0.25) is 5.91 Å². The molecule has 3 aromatic carbocycles. The highest BCUT2D eigenvalue weighted by Gasteiger charge is 2.10. The lowest BCUT2D eigenvalue weighted by atomic mass is 10.1. The molecule has 0 aromatic heterocycles. The predicted molar refractivity (Wildman–Crippen MR) is 106 cm³/mol. The summed E-state index contributed by atoms with van der Waals surface area (Å²) in [5, 5.41) is 4.05. The number of rotatable bonds is 6. The summed E-state index contributed by atoms with van der Waals surface area (Å²) >= 11 is 12.0. The molecule has 3 aromatic rings. The Balaban J connectivity index is 1.64. The number of aryl methyl sites for hydroxylation is 1. The van der Waals surface area contributed by atoms with Crippen molar-refractivity contribution in [2.24, 2.45) is 0 Å². The molecule has 0 aliphatic carbocycles.